The highest BCUT2D eigenvalue weighted by atomic mass is 19.1. The monoisotopic (exact) mass is 463 g/mol. The minimum atomic E-state index is -0.990. The summed E-state index contributed by atoms with van der Waals surface area (Å²) in [6.07, 6.45) is 0.627. The highest BCUT2D eigenvalue weighted by Crippen LogP contribution is 2.29. The molecule has 176 valence electrons. The Morgan fingerprint density at radius 3 is 2.62 bits per heavy atom. The summed E-state index contributed by atoms with van der Waals surface area (Å²) in [4.78, 5) is 24.4. The zero-order valence-corrected chi connectivity index (χ0v) is 18.5. The summed E-state index contributed by atoms with van der Waals surface area (Å²) in [5, 5.41) is 15.4. The Morgan fingerprint density at radius 2 is 1.88 bits per heavy atom. The van der Waals surface area contributed by atoms with Gasteiger partial charge in [0.25, 0.3) is 5.91 Å². The number of carbonyl (C=O) groups is 2. The number of carboxylic acid groups (broad SMARTS) is 1. The van der Waals surface area contributed by atoms with E-state index in [0.29, 0.717) is 52.4 Å². The molecule has 0 radical (unpaired) electrons. The van der Waals surface area contributed by atoms with E-state index in [1.54, 1.807) is 42.5 Å². The molecule has 1 saturated heterocycles. The van der Waals surface area contributed by atoms with Gasteiger partial charge in [0.2, 0.25) is 0 Å². The predicted octanol–water partition coefficient (Wildman–Crippen LogP) is 4.03. The zero-order valence-electron chi connectivity index (χ0n) is 18.5. The number of amides is 1. The molecule has 1 atom stereocenters. The Balaban J connectivity index is 1.70. The molecule has 0 aromatic heterocycles. The van der Waals surface area contributed by atoms with E-state index in [2.05, 4.69) is 10.6 Å². The molecule has 1 amide bonds. The van der Waals surface area contributed by atoms with Gasteiger partial charge in [0.05, 0.1) is 19.1 Å². The molecule has 0 saturated carbocycles. The van der Waals surface area contributed by atoms with Crippen molar-refractivity contribution in [3.63, 3.8) is 0 Å². The number of nitrogens with two attached hydrogens (primary N) is 1. The number of rotatable bonds is 8. The molecule has 8 heteroatoms. The molecule has 7 nitrogen and oxygen atoms in total. The Bertz CT molecular complexity index is 1210. The highest BCUT2D eigenvalue weighted by molar-refractivity contribution is 6.06. The number of benzene rings is 3. The fourth-order valence-electron chi connectivity index (χ4n) is 3.98. The van der Waals surface area contributed by atoms with Gasteiger partial charge in [-0.15, -0.1) is 0 Å². The fraction of sp³-hybridized carbons (Fsp3) is 0.231. The van der Waals surface area contributed by atoms with Crippen LogP contribution in [0.25, 0.3) is 11.1 Å². The van der Waals surface area contributed by atoms with E-state index in [-0.39, 0.29) is 19.0 Å². The van der Waals surface area contributed by atoms with E-state index in [0.717, 1.165) is 6.42 Å². The Labute approximate surface area is 196 Å². The lowest BCUT2D eigenvalue weighted by atomic mass is 9.99. The van der Waals surface area contributed by atoms with E-state index < -0.39 is 17.7 Å². The maximum atomic E-state index is 14.2. The van der Waals surface area contributed by atoms with Crippen LogP contribution in [0.5, 0.6) is 0 Å². The van der Waals surface area contributed by atoms with Gasteiger partial charge in [0, 0.05) is 30.1 Å². The van der Waals surface area contributed by atoms with E-state index in [1.165, 1.54) is 12.1 Å². The van der Waals surface area contributed by atoms with E-state index >= 15 is 0 Å². The molecule has 0 spiro atoms. The van der Waals surface area contributed by atoms with Gasteiger partial charge in [-0.05, 0) is 71.1 Å². The zero-order chi connectivity index (χ0) is 24.1. The van der Waals surface area contributed by atoms with Crippen molar-refractivity contribution >= 4 is 23.3 Å². The largest absolute Gasteiger partial charge is 0.481 e. The molecule has 3 aromatic rings. The van der Waals surface area contributed by atoms with Gasteiger partial charge in [-0.2, -0.15) is 0 Å². The van der Waals surface area contributed by atoms with Crippen molar-refractivity contribution in [2.45, 2.75) is 25.4 Å². The van der Waals surface area contributed by atoms with Crippen LogP contribution < -0.4 is 16.4 Å². The standard InChI is InChI=1S/C26H26FN3O4/c27-21-8-16(14-28)7-18(10-21)19-9-20(12-23(11-19)29-22-5-6-34-15-22)26(33)30-24-4-2-1-3-17(24)13-25(31)32/h1-4,7-12,22,29H,5-6,13-15,28H2,(H,30,33)(H,31,32). The van der Waals surface area contributed by atoms with Crippen LogP contribution in [0.15, 0.2) is 60.7 Å². The number of hydrogen-bond acceptors (Lipinski definition) is 5. The summed E-state index contributed by atoms with van der Waals surface area (Å²) in [6.45, 7) is 1.41. The van der Waals surface area contributed by atoms with Crippen LogP contribution in [-0.2, 0) is 22.5 Å². The molecule has 1 aliphatic heterocycles. The second-order valence-corrected chi connectivity index (χ2v) is 8.24. The molecule has 1 heterocycles. The minimum absolute atomic E-state index is 0.106. The lowest BCUT2D eigenvalue weighted by Crippen LogP contribution is -2.20. The maximum Gasteiger partial charge on any atom is 0.307 e. The van der Waals surface area contributed by atoms with Crippen molar-refractivity contribution in [2.24, 2.45) is 5.73 Å². The van der Waals surface area contributed by atoms with Crippen molar-refractivity contribution in [1.29, 1.82) is 0 Å². The predicted molar refractivity (Wildman–Crippen MR) is 128 cm³/mol. The summed E-state index contributed by atoms with van der Waals surface area (Å²) in [6, 6.07) is 16.7. The minimum Gasteiger partial charge on any atom is -0.481 e. The third-order valence-corrected chi connectivity index (χ3v) is 5.63. The van der Waals surface area contributed by atoms with Crippen molar-refractivity contribution in [3.8, 4) is 11.1 Å². The average molecular weight is 464 g/mol. The average Bonchev–Trinajstić information content (AvgIpc) is 3.32. The van der Waals surface area contributed by atoms with Crippen LogP contribution in [0.2, 0.25) is 0 Å². The molecule has 34 heavy (non-hydrogen) atoms. The lowest BCUT2D eigenvalue weighted by Gasteiger charge is -2.16. The summed E-state index contributed by atoms with van der Waals surface area (Å²) >= 11 is 0. The number of nitrogens with one attached hydrogen (secondary N) is 2. The SMILES string of the molecule is NCc1cc(F)cc(-c2cc(NC3CCOC3)cc(C(=O)Nc3ccccc3CC(=O)O)c2)c1. The van der Waals surface area contributed by atoms with Gasteiger partial charge < -0.3 is 26.2 Å². The quantitative estimate of drug-likeness (QED) is 0.401. The molecule has 0 aliphatic carbocycles. The van der Waals surface area contributed by atoms with Gasteiger partial charge in [0.15, 0.2) is 0 Å². The first-order valence-corrected chi connectivity index (χ1v) is 11.0. The van der Waals surface area contributed by atoms with Gasteiger partial charge >= 0.3 is 5.97 Å². The number of halogens is 1. The topological polar surface area (TPSA) is 114 Å². The van der Waals surface area contributed by atoms with Crippen molar-refractivity contribution < 1.29 is 23.8 Å². The third kappa shape index (κ3) is 5.78. The van der Waals surface area contributed by atoms with E-state index in [4.69, 9.17) is 10.5 Å². The number of para-hydroxylation sites is 1. The van der Waals surface area contributed by atoms with Gasteiger partial charge in [0.1, 0.15) is 5.82 Å². The van der Waals surface area contributed by atoms with Crippen LogP contribution in [0.1, 0.15) is 27.9 Å². The molecule has 1 fully saturated rings. The second-order valence-electron chi connectivity index (χ2n) is 8.24. The number of aliphatic carboxylic acids is 1. The van der Waals surface area contributed by atoms with Crippen LogP contribution in [-0.4, -0.2) is 36.2 Å². The summed E-state index contributed by atoms with van der Waals surface area (Å²) in [5.74, 6) is -1.80. The molecular formula is C26H26FN3O4. The Morgan fingerprint density at radius 1 is 1.09 bits per heavy atom. The van der Waals surface area contributed by atoms with Gasteiger partial charge in [-0.25, -0.2) is 4.39 Å². The first-order chi connectivity index (χ1) is 16.4. The molecule has 1 unspecified atom stereocenters. The summed E-state index contributed by atoms with van der Waals surface area (Å²) in [5.41, 5.74) is 9.60. The van der Waals surface area contributed by atoms with Crippen molar-refractivity contribution in [1.82, 2.24) is 0 Å². The molecule has 0 bridgehead atoms. The fourth-order valence-corrected chi connectivity index (χ4v) is 3.98. The lowest BCUT2D eigenvalue weighted by molar-refractivity contribution is -0.136. The van der Waals surface area contributed by atoms with Crippen LogP contribution >= 0.6 is 0 Å². The normalized spacial score (nSPS) is 15.2. The van der Waals surface area contributed by atoms with E-state index in [1.807, 2.05) is 6.07 Å². The maximum absolute atomic E-state index is 14.2. The summed E-state index contributed by atoms with van der Waals surface area (Å²) < 4.78 is 19.6. The molecular weight excluding hydrogens is 437 g/mol. The molecule has 4 rings (SSSR count). The van der Waals surface area contributed by atoms with Crippen molar-refractivity contribution in [3.05, 3.63) is 83.2 Å². The Kier molecular flexibility index (Phi) is 7.20. The van der Waals surface area contributed by atoms with Crippen LogP contribution in [0.3, 0.4) is 0 Å². The van der Waals surface area contributed by atoms with E-state index in [9.17, 15) is 19.1 Å². The molecule has 5 N–H and O–H groups in total. The number of carbonyl (C=O) groups excluding carboxylic acids is 1. The smallest absolute Gasteiger partial charge is 0.307 e. The van der Waals surface area contributed by atoms with Gasteiger partial charge in [-0.1, -0.05) is 18.2 Å². The first kappa shape index (κ1) is 23.4. The summed E-state index contributed by atoms with van der Waals surface area (Å²) in [7, 11) is 0. The van der Waals surface area contributed by atoms with Crippen LogP contribution in [0.4, 0.5) is 15.8 Å². The molecule has 1 aliphatic rings. The van der Waals surface area contributed by atoms with Crippen molar-refractivity contribution in [2.75, 3.05) is 23.8 Å². The number of anilines is 2. The van der Waals surface area contributed by atoms with Gasteiger partial charge in [-0.3, -0.25) is 9.59 Å². The number of ether oxygens (including phenoxy) is 1. The Hall–Kier alpha value is -3.75. The second kappa shape index (κ2) is 10.5. The number of hydrogen-bond donors (Lipinski definition) is 4. The first-order valence-electron chi connectivity index (χ1n) is 11.0. The third-order valence-electron chi connectivity index (χ3n) is 5.63. The number of carboxylic acids is 1. The highest BCUT2D eigenvalue weighted by Gasteiger charge is 2.18. The van der Waals surface area contributed by atoms with Crippen LogP contribution in [0, 0.1) is 5.82 Å². The molecule has 3 aromatic carbocycles.